The van der Waals surface area contributed by atoms with Crippen LogP contribution in [0.15, 0.2) is 48.8 Å². The van der Waals surface area contributed by atoms with Gasteiger partial charge in [-0.3, -0.25) is 9.59 Å². The average molecular weight is 390 g/mol. The largest absolute Gasteiger partial charge is 0.353 e. The van der Waals surface area contributed by atoms with Gasteiger partial charge in [-0.2, -0.15) is 0 Å². The van der Waals surface area contributed by atoms with E-state index in [1.807, 2.05) is 61.3 Å². The molecule has 1 heterocycles. The molecule has 0 spiro atoms. The third-order valence-electron chi connectivity index (χ3n) is 5.85. The quantitative estimate of drug-likeness (QED) is 0.696. The molecule has 6 nitrogen and oxygen atoms in total. The lowest BCUT2D eigenvalue weighted by Gasteiger charge is -2.25. The molecule has 0 unspecified atom stereocenters. The summed E-state index contributed by atoms with van der Waals surface area (Å²) in [5, 5.41) is 3.04. The summed E-state index contributed by atoms with van der Waals surface area (Å²) in [7, 11) is 1.86. The van der Waals surface area contributed by atoms with Gasteiger partial charge < -0.3 is 15.2 Å². The van der Waals surface area contributed by atoms with E-state index >= 15 is 0 Å². The Morgan fingerprint density at radius 3 is 2.66 bits per heavy atom. The number of hydrogen-bond acceptors (Lipinski definition) is 3. The third-order valence-corrected chi connectivity index (χ3v) is 5.85. The predicted molar refractivity (Wildman–Crippen MR) is 113 cm³/mol. The van der Waals surface area contributed by atoms with Crippen LogP contribution >= 0.6 is 0 Å². The molecule has 2 atom stereocenters. The fourth-order valence-corrected chi connectivity index (χ4v) is 4.06. The maximum Gasteiger partial charge on any atom is 0.253 e. The molecule has 1 fully saturated rings. The number of nitrogens with one attached hydrogen (secondary N) is 2. The summed E-state index contributed by atoms with van der Waals surface area (Å²) in [4.78, 5) is 33.8. The number of amides is 2. The van der Waals surface area contributed by atoms with Crippen LogP contribution in [0.4, 0.5) is 0 Å². The number of carbonyl (C=O) groups excluding carboxylic acids is 2. The minimum atomic E-state index is 0.0202. The molecule has 0 aliphatic heterocycles. The second kappa shape index (κ2) is 8.07. The standard InChI is InChI=1S/C23H26N4O2/c1-3-22(28)26-18-9-10-19(13-18)27(2)23(29)16-6-4-15(5-7-16)17-8-11-20-21(12-17)25-14-24-20/h4-8,11-12,14,18-19H,3,9-10,13H2,1-2H3,(H,24,25)(H,26,28)/t18-,19+/m0/s1. The topological polar surface area (TPSA) is 78.1 Å². The van der Waals surface area contributed by atoms with Gasteiger partial charge in [-0.25, -0.2) is 4.98 Å². The number of hydrogen-bond donors (Lipinski definition) is 2. The van der Waals surface area contributed by atoms with Crippen molar-refractivity contribution >= 4 is 22.8 Å². The molecule has 2 amide bonds. The highest BCUT2D eigenvalue weighted by Crippen LogP contribution is 2.26. The third kappa shape index (κ3) is 4.01. The maximum atomic E-state index is 12.9. The SMILES string of the molecule is CCC(=O)N[C@H]1CC[C@@H](N(C)C(=O)c2ccc(-c3ccc4[nH]cnc4c3)cc2)C1. The molecule has 0 radical (unpaired) electrons. The number of aromatic nitrogens is 2. The summed E-state index contributed by atoms with van der Waals surface area (Å²) in [5.41, 5.74) is 4.73. The van der Waals surface area contributed by atoms with Gasteiger partial charge in [0, 0.05) is 31.1 Å². The van der Waals surface area contributed by atoms with Crippen LogP contribution in [0.1, 0.15) is 43.0 Å². The molecular formula is C23H26N4O2. The van der Waals surface area contributed by atoms with Gasteiger partial charge in [-0.05, 0) is 54.7 Å². The van der Waals surface area contributed by atoms with Crippen LogP contribution < -0.4 is 5.32 Å². The number of benzene rings is 2. The Bertz CT molecular complexity index is 1020. The maximum absolute atomic E-state index is 12.9. The van der Waals surface area contributed by atoms with Crippen molar-refractivity contribution in [3.8, 4) is 11.1 Å². The fraction of sp³-hybridized carbons (Fsp3) is 0.348. The zero-order valence-electron chi connectivity index (χ0n) is 16.8. The number of H-pyrrole nitrogens is 1. The second-order valence-corrected chi connectivity index (χ2v) is 7.71. The monoisotopic (exact) mass is 390 g/mol. The minimum Gasteiger partial charge on any atom is -0.353 e. The molecule has 150 valence electrons. The Morgan fingerprint density at radius 1 is 1.14 bits per heavy atom. The number of imidazole rings is 1. The molecular weight excluding hydrogens is 364 g/mol. The van der Waals surface area contributed by atoms with Crippen molar-refractivity contribution in [3.63, 3.8) is 0 Å². The van der Waals surface area contributed by atoms with Crippen LogP contribution in [-0.2, 0) is 4.79 Å². The van der Waals surface area contributed by atoms with E-state index in [1.54, 1.807) is 6.33 Å². The average Bonchev–Trinajstić information content (AvgIpc) is 3.41. The number of fused-ring (bicyclic) bond motifs is 1. The van der Waals surface area contributed by atoms with Crippen molar-refractivity contribution in [2.75, 3.05) is 7.05 Å². The summed E-state index contributed by atoms with van der Waals surface area (Å²) < 4.78 is 0. The Morgan fingerprint density at radius 2 is 1.90 bits per heavy atom. The van der Waals surface area contributed by atoms with E-state index in [4.69, 9.17) is 0 Å². The van der Waals surface area contributed by atoms with Crippen molar-refractivity contribution < 1.29 is 9.59 Å². The van der Waals surface area contributed by atoms with E-state index < -0.39 is 0 Å². The van der Waals surface area contributed by atoms with Gasteiger partial charge in [0.05, 0.1) is 17.4 Å². The molecule has 4 rings (SSSR count). The van der Waals surface area contributed by atoms with Crippen LogP contribution in [0.25, 0.3) is 22.2 Å². The summed E-state index contributed by atoms with van der Waals surface area (Å²) in [6.07, 6.45) is 4.83. The Balaban J connectivity index is 1.43. The molecule has 6 heteroatoms. The van der Waals surface area contributed by atoms with E-state index in [9.17, 15) is 9.59 Å². The number of rotatable bonds is 5. The normalized spacial score (nSPS) is 18.7. The molecule has 1 aliphatic rings. The van der Waals surface area contributed by atoms with Gasteiger partial charge in [0.15, 0.2) is 0 Å². The summed E-state index contributed by atoms with van der Waals surface area (Å²) in [5.74, 6) is 0.0972. The first-order valence-electron chi connectivity index (χ1n) is 10.1. The van der Waals surface area contributed by atoms with E-state index in [0.29, 0.717) is 12.0 Å². The summed E-state index contributed by atoms with van der Waals surface area (Å²) >= 11 is 0. The van der Waals surface area contributed by atoms with Crippen molar-refractivity contribution in [2.24, 2.45) is 0 Å². The molecule has 1 aliphatic carbocycles. The summed E-state index contributed by atoms with van der Waals surface area (Å²) in [6.45, 7) is 1.86. The molecule has 2 N–H and O–H groups in total. The number of carbonyl (C=O) groups is 2. The lowest BCUT2D eigenvalue weighted by Crippen LogP contribution is -2.38. The predicted octanol–water partition coefficient (Wildman–Crippen LogP) is 3.75. The van der Waals surface area contributed by atoms with Crippen molar-refractivity contribution in [2.45, 2.75) is 44.7 Å². The van der Waals surface area contributed by atoms with Gasteiger partial charge in [0.25, 0.3) is 5.91 Å². The minimum absolute atomic E-state index is 0.0202. The first kappa shape index (κ1) is 19.2. The molecule has 0 bridgehead atoms. The Labute approximate surface area is 170 Å². The zero-order chi connectivity index (χ0) is 20.4. The van der Waals surface area contributed by atoms with Crippen molar-refractivity contribution in [1.29, 1.82) is 0 Å². The van der Waals surface area contributed by atoms with Gasteiger partial charge in [-0.1, -0.05) is 25.1 Å². The first-order valence-corrected chi connectivity index (χ1v) is 10.1. The highest BCUT2D eigenvalue weighted by Gasteiger charge is 2.30. The Hall–Kier alpha value is -3.15. The zero-order valence-corrected chi connectivity index (χ0v) is 16.8. The van der Waals surface area contributed by atoms with Gasteiger partial charge >= 0.3 is 0 Å². The molecule has 0 saturated heterocycles. The molecule has 1 saturated carbocycles. The molecule has 2 aromatic carbocycles. The first-order chi connectivity index (χ1) is 14.0. The molecule has 3 aromatic rings. The smallest absolute Gasteiger partial charge is 0.253 e. The lowest BCUT2D eigenvalue weighted by molar-refractivity contribution is -0.121. The van der Waals surface area contributed by atoms with Crippen molar-refractivity contribution in [1.82, 2.24) is 20.2 Å². The van der Waals surface area contributed by atoms with Crippen LogP contribution in [0.3, 0.4) is 0 Å². The van der Waals surface area contributed by atoms with E-state index in [-0.39, 0.29) is 23.9 Å². The van der Waals surface area contributed by atoms with Crippen LogP contribution in [0, 0.1) is 0 Å². The highest BCUT2D eigenvalue weighted by molar-refractivity contribution is 5.95. The van der Waals surface area contributed by atoms with Crippen molar-refractivity contribution in [3.05, 3.63) is 54.4 Å². The van der Waals surface area contributed by atoms with Gasteiger partial charge in [-0.15, -0.1) is 0 Å². The highest BCUT2D eigenvalue weighted by atomic mass is 16.2. The lowest BCUT2D eigenvalue weighted by atomic mass is 10.0. The van der Waals surface area contributed by atoms with Crippen LogP contribution in [0.2, 0.25) is 0 Å². The fourth-order valence-electron chi connectivity index (χ4n) is 4.06. The van der Waals surface area contributed by atoms with E-state index in [0.717, 1.165) is 41.4 Å². The van der Waals surface area contributed by atoms with Gasteiger partial charge in [0.1, 0.15) is 0 Å². The van der Waals surface area contributed by atoms with E-state index in [1.165, 1.54) is 0 Å². The van der Waals surface area contributed by atoms with Gasteiger partial charge in [0.2, 0.25) is 5.91 Å². The number of aromatic amines is 1. The molecule has 1 aromatic heterocycles. The number of nitrogens with zero attached hydrogens (tertiary/aromatic N) is 2. The second-order valence-electron chi connectivity index (χ2n) is 7.71. The van der Waals surface area contributed by atoms with Crippen LogP contribution in [-0.4, -0.2) is 45.8 Å². The molecule has 29 heavy (non-hydrogen) atoms. The Kier molecular flexibility index (Phi) is 5.34. The van der Waals surface area contributed by atoms with E-state index in [2.05, 4.69) is 15.3 Å². The van der Waals surface area contributed by atoms with Crippen LogP contribution in [0.5, 0.6) is 0 Å². The summed E-state index contributed by atoms with van der Waals surface area (Å²) in [6, 6.07) is 14.2.